The molecule has 2 N–H and O–H groups in total. The number of nitrogens with one attached hydrogen (secondary N) is 1. The summed E-state index contributed by atoms with van der Waals surface area (Å²) in [5.74, 6) is -0.801. The van der Waals surface area contributed by atoms with Gasteiger partial charge in [-0.2, -0.15) is 22.7 Å². The summed E-state index contributed by atoms with van der Waals surface area (Å²) < 4.78 is 48.1. The Hall–Kier alpha value is -5.29. The number of ether oxygens (including phenoxy) is 1. The van der Waals surface area contributed by atoms with Crippen LogP contribution in [-0.4, -0.2) is 96.2 Å². The maximum absolute atomic E-state index is 14.6. The molecule has 3 aromatic heterocycles. The van der Waals surface area contributed by atoms with Gasteiger partial charge in [-0.25, -0.2) is 4.98 Å². The molecule has 18 heteroatoms. The number of fused-ring (bicyclic) bond motifs is 6. The lowest BCUT2D eigenvalue weighted by molar-refractivity contribution is -0.168. The largest absolute Gasteiger partial charge is 0.505 e. The van der Waals surface area contributed by atoms with Crippen LogP contribution in [-0.2, 0) is 32.5 Å². The Morgan fingerprint density at radius 2 is 1.88 bits per heavy atom. The summed E-state index contributed by atoms with van der Waals surface area (Å²) >= 11 is 6.18. The molecule has 2 aliphatic carbocycles. The lowest BCUT2D eigenvalue weighted by atomic mass is 9.71. The molecule has 1 unspecified atom stereocenters. The SMILES string of the molecule is CC1(C(=O)N2CC=C(c3nc4n(CC(=O)Nc5ccc(C(F)(F)F)cc5Cl)c5c(c(=O)n4n3)C3(CCN(C(=O)c4ncccc4O)CC3)[C@@H]3CC53)CC2)COC1. The summed E-state index contributed by atoms with van der Waals surface area (Å²) in [5, 5.41) is 17.3. The molecule has 3 amide bonds. The van der Waals surface area contributed by atoms with Gasteiger partial charge in [0.05, 0.1) is 34.9 Å². The summed E-state index contributed by atoms with van der Waals surface area (Å²) in [7, 11) is 0. The van der Waals surface area contributed by atoms with Crippen LogP contribution in [0.5, 0.6) is 5.75 Å². The number of hydrogen-bond acceptors (Lipinski definition) is 9. The standard InChI is InChI=1S/C38H36ClF3N8O6/c1-36(18-56-19-36)34(55)48-11-6-20(7-12-48)31-45-35-49(17-27(52)44-25-5-4-21(15-24(25)39)38(40,41)42)30-22-16-23(22)37(28(30)32(53)50(35)46-31)8-13-47(14-9-37)33(54)29-26(51)3-2-10-43-29/h2-6,10,15,22-23,51H,7-9,11-14,16-19H2,1H3,(H,44,52)/t22?,23-/m1/s1. The predicted molar refractivity (Wildman–Crippen MR) is 194 cm³/mol. The molecule has 3 fully saturated rings. The number of carbonyl (C=O) groups is 3. The number of benzene rings is 1. The molecule has 0 radical (unpaired) electrons. The maximum Gasteiger partial charge on any atom is 0.416 e. The van der Waals surface area contributed by atoms with Crippen LogP contribution >= 0.6 is 11.6 Å². The van der Waals surface area contributed by atoms with Gasteiger partial charge in [0.1, 0.15) is 12.3 Å². The number of piperidine rings is 1. The average Bonchev–Trinajstić information content (AvgIpc) is 3.76. The topological polar surface area (TPSA) is 164 Å². The van der Waals surface area contributed by atoms with Crippen molar-refractivity contribution in [3.05, 3.63) is 86.3 Å². The number of aromatic hydroxyl groups is 1. The summed E-state index contributed by atoms with van der Waals surface area (Å²) in [4.78, 5) is 67.2. The normalized spacial score (nSPS) is 22.0. The Kier molecular flexibility index (Phi) is 8.36. The molecule has 9 rings (SSSR count). The summed E-state index contributed by atoms with van der Waals surface area (Å²) in [6, 6.07) is 5.61. The first-order chi connectivity index (χ1) is 26.7. The number of alkyl halides is 3. The quantitative estimate of drug-likeness (QED) is 0.291. The Morgan fingerprint density at radius 1 is 1.11 bits per heavy atom. The number of likely N-dealkylation sites (tertiary alicyclic amines) is 1. The van der Waals surface area contributed by atoms with Crippen LogP contribution in [0.25, 0.3) is 11.4 Å². The average molecular weight is 793 g/mol. The van der Waals surface area contributed by atoms with Crippen LogP contribution < -0.4 is 10.9 Å². The van der Waals surface area contributed by atoms with E-state index in [9.17, 15) is 37.5 Å². The van der Waals surface area contributed by atoms with Crippen LogP contribution in [0.3, 0.4) is 0 Å². The summed E-state index contributed by atoms with van der Waals surface area (Å²) in [5.41, 5.74) is -0.640. The van der Waals surface area contributed by atoms with Crippen LogP contribution in [0, 0.1) is 11.3 Å². The number of halogens is 4. The number of anilines is 1. The third-order valence-electron chi connectivity index (χ3n) is 12.1. The Balaban J connectivity index is 1.07. The third-order valence-corrected chi connectivity index (χ3v) is 12.4. The van der Waals surface area contributed by atoms with Crippen molar-refractivity contribution in [3.63, 3.8) is 0 Å². The van der Waals surface area contributed by atoms with Crippen molar-refractivity contribution in [2.45, 2.75) is 56.7 Å². The molecule has 4 aromatic rings. The first kappa shape index (κ1) is 36.4. The number of pyridine rings is 1. The first-order valence-corrected chi connectivity index (χ1v) is 18.8. The molecule has 56 heavy (non-hydrogen) atoms. The second-order valence-corrected chi connectivity index (χ2v) is 16.0. The fourth-order valence-corrected chi connectivity index (χ4v) is 9.28. The number of nitrogens with zero attached hydrogens (tertiary/aromatic N) is 7. The van der Waals surface area contributed by atoms with E-state index < -0.39 is 34.4 Å². The van der Waals surface area contributed by atoms with E-state index in [-0.39, 0.29) is 63.6 Å². The number of rotatable bonds is 6. The minimum atomic E-state index is -4.62. The van der Waals surface area contributed by atoms with E-state index in [0.717, 1.165) is 30.2 Å². The number of carbonyl (C=O) groups excluding carboxylic acids is 3. The number of aromatic nitrogens is 5. The van der Waals surface area contributed by atoms with Crippen LogP contribution in [0.1, 0.15) is 71.7 Å². The molecule has 3 aliphatic heterocycles. The fourth-order valence-electron chi connectivity index (χ4n) is 9.05. The molecular formula is C38H36ClF3N8O6. The minimum Gasteiger partial charge on any atom is -0.505 e. The van der Waals surface area contributed by atoms with Gasteiger partial charge in [0.2, 0.25) is 17.6 Å². The molecule has 2 atom stereocenters. The molecule has 6 heterocycles. The van der Waals surface area contributed by atoms with Gasteiger partial charge >= 0.3 is 6.18 Å². The zero-order chi connectivity index (χ0) is 39.3. The molecule has 5 aliphatic rings. The second-order valence-electron chi connectivity index (χ2n) is 15.6. The van der Waals surface area contributed by atoms with Crippen molar-refractivity contribution < 1.29 is 37.4 Å². The van der Waals surface area contributed by atoms with E-state index in [0.29, 0.717) is 69.9 Å². The Bertz CT molecular complexity index is 2430. The van der Waals surface area contributed by atoms with Crippen molar-refractivity contribution >= 4 is 46.4 Å². The zero-order valence-electron chi connectivity index (χ0n) is 30.1. The van der Waals surface area contributed by atoms with E-state index in [4.69, 9.17) is 21.3 Å². The third kappa shape index (κ3) is 5.76. The molecule has 0 bridgehead atoms. The van der Waals surface area contributed by atoms with Crippen molar-refractivity contribution in [3.8, 4) is 5.75 Å². The highest BCUT2D eigenvalue weighted by Crippen LogP contribution is 2.67. The first-order valence-electron chi connectivity index (χ1n) is 18.4. The fraction of sp³-hybridized carbons (Fsp3) is 0.447. The second kappa shape index (κ2) is 12.9. The number of hydrogen-bond donors (Lipinski definition) is 2. The lowest BCUT2D eigenvalue weighted by Gasteiger charge is -2.41. The van der Waals surface area contributed by atoms with Crippen LogP contribution in [0.15, 0.2) is 47.4 Å². The van der Waals surface area contributed by atoms with Crippen LogP contribution in [0.2, 0.25) is 5.02 Å². The lowest BCUT2D eigenvalue weighted by Crippen LogP contribution is -2.54. The van der Waals surface area contributed by atoms with Gasteiger partial charge in [-0.05, 0) is 74.4 Å². The maximum atomic E-state index is 14.6. The molecule has 2 saturated heterocycles. The van der Waals surface area contributed by atoms with E-state index in [2.05, 4.69) is 15.4 Å². The van der Waals surface area contributed by atoms with Crippen molar-refractivity contribution in [1.82, 2.24) is 33.9 Å². The molecular weight excluding hydrogens is 757 g/mol. The highest BCUT2D eigenvalue weighted by Gasteiger charge is 2.64. The molecule has 1 aromatic carbocycles. The monoisotopic (exact) mass is 792 g/mol. The van der Waals surface area contributed by atoms with Gasteiger partial charge in [0, 0.05) is 55.0 Å². The highest BCUT2D eigenvalue weighted by atomic mass is 35.5. The minimum absolute atomic E-state index is 0.00569. The van der Waals surface area contributed by atoms with Crippen molar-refractivity contribution in [1.29, 1.82) is 0 Å². The van der Waals surface area contributed by atoms with E-state index in [1.54, 1.807) is 14.4 Å². The van der Waals surface area contributed by atoms with Gasteiger partial charge in [-0.3, -0.25) is 19.2 Å². The van der Waals surface area contributed by atoms with Gasteiger partial charge in [0.25, 0.3) is 11.5 Å². The van der Waals surface area contributed by atoms with Crippen LogP contribution in [0.4, 0.5) is 18.9 Å². The zero-order valence-corrected chi connectivity index (χ0v) is 30.9. The van der Waals surface area contributed by atoms with Gasteiger partial charge in [-0.1, -0.05) is 17.7 Å². The van der Waals surface area contributed by atoms with E-state index >= 15 is 0 Å². The van der Waals surface area contributed by atoms with E-state index in [1.807, 2.05) is 13.0 Å². The number of amides is 3. The predicted octanol–water partition coefficient (Wildman–Crippen LogP) is 4.25. The van der Waals surface area contributed by atoms with Crippen molar-refractivity contribution in [2.24, 2.45) is 11.3 Å². The van der Waals surface area contributed by atoms with E-state index in [1.165, 1.54) is 22.8 Å². The smallest absolute Gasteiger partial charge is 0.416 e. The van der Waals surface area contributed by atoms with Crippen molar-refractivity contribution in [2.75, 3.05) is 44.7 Å². The molecule has 14 nitrogen and oxygen atoms in total. The Morgan fingerprint density at radius 3 is 2.52 bits per heavy atom. The van der Waals surface area contributed by atoms with Gasteiger partial charge < -0.3 is 29.5 Å². The van der Waals surface area contributed by atoms with Gasteiger partial charge in [0.15, 0.2) is 11.5 Å². The molecule has 292 valence electrons. The Labute approximate surface area is 321 Å². The van der Waals surface area contributed by atoms with Gasteiger partial charge in [-0.15, -0.1) is 5.10 Å². The molecule has 1 saturated carbocycles. The highest BCUT2D eigenvalue weighted by molar-refractivity contribution is 6.33. The summed E-state index contributed by atoms with van der Waals surface area (Å²) in [6.07, 6.45) is 0.779. The summed E-state index contributed by atoms with van der Waals surface area (Å²) in [6.45, 7) is 3.63. The molecule has 1 spiro atoms.